The van der Waals surface area contributed by atoms with E-state index in [4.69, 9.17) is 4.43 Å². The van der Waals surface area contributed by atoms with Crippen molar-refractivity contribution >= 4 is 27.4 Å². The second-order valence-electron chi connectivity index (χ2n) is 4.57. The summed E-state index contributed by atoms with van der Waals surface area (Å²) in [5, 5.41) is 0.376. The third kappa shape index (κ3) is 12.4. The molecule has 0 aliphatic carbocycles. The van der Waals surface area contributed by atoms with Gasteiger partial charge < -0.3 is 4.43 Å². The van der Waals surface area contributed by atoms with Crippen molar-refractivity contribution in [2.45, 2.75) is 71.3 Å². The molecule has 17 heavy (non-hydrogen) atoms. The Morgan fingerprint density at radius 2 is 1.94 bits per heavy atom. The molecular weight excluding hydrogens is 248 g/mol. The van der Waals surface area contributed by atoms with E-state index in [1.807, 2.05) is 0 Å². The van der Waals surface area contributed by atoms with Gasteiger partial charge in [-0.1, -0.05) is 44.4 Å². The smallest absolute Gasteiger partial charge is 0.188 e. The number of hydrogen-bond acceptors (Lipinski definition) is 3. The molecule has 0 aromatic rings. The highest BCUT2D eigenvalue weighted by Gasteiger charge is 2.03. The predicted octanol–water partition coefficient (Wildman–Crippen LogP) is 3.07. The van der Waals surface area contributed by atoms with Crippen LogP contribution in [0.5, 0.6) is 0 Å². The number of carbonyl (C=O) groups excluding carboxylic acids is 1. The van der Waals surface area contributed by atoms with Gasteiger partial charge in [-0.2, -0.15) is 0 Å². The SMILES string of the molecule is CCCCCCCC(=O)SCCCC(C)O[SiH3]. The minimum absolute atomic E-state index is 0.376. The van der Waals surface area contributed by atoms with Gasteiger partial charge >= 0.3 is 0 Å². The summed E-state index contributed by atoms with van der Waals surface area (Å²) in [5.41, 5.74) is 0. The Morgan fingerprint density at radius 3 is 2.59 bits per heavy atom. The van der Waals surface area contributed by atoms with Crippen molar-refractivity contribution in [1.29, 1.82) is 0 Å². The van der Waals surface area contributed by atoms with E-state index in [0.29, 0.717) is 11.2 Å². The molecule has 0 aromatic heterocycles. The minimum atomic E-state index is 0.376. The van der Waals surface area contributed by atoms with Gasteiger partial charge in [0.15, 0.2) is 5.12 Å². The van der Waals surface area contributed by atoms with Crippen LogP contribution in [0.25, 0.3) is 0 Å². The first-order chi connectivity index (χ1) is 8.20. The normalized spacial score (nSPS) is 12.8. The summed E-state index contributed by atoms with van der Waals surface area (Å²) in [7, 11) is 0.816. The molecule has 0 aliphatic heterocycles. The number of carbonyl (C=O) groups is 1. The van der Waals surface area contributed by atoms with Gasteiger partial charge in [0.05, 0.1) is 0 Å². The van der Waals surface area contributed by atoms with Gasteiger partial charge in [-0.3, -0.25) is 4.79 Å². The molecule has 0 saturated heterocycles. The fourth-order valence-corrected chi connectivity index (χ4v) is 2.68. The van der Waals surface area contributed by atoms with Crippen LogP contribution >= 0.6 is 11.8 Å². The van der Waals surface area contributed by atoms with E-state index in [2.05, 4.69) is 13.8 Å². The van der Waals surface area contributed by atoms with Crippen molar-refractivity contribution in [1.82, 2.24) is 0 Å². The molecule has 1 unspecified atom stereocenters. The zero-order chi connectivity index (χ0) is 12.9. The zero-order valence-corrected chi connectivity index (χ0v) is 14.5. The molecule has 4 heteroatoms. The number of unbranched alkanes of at least 4 members (excludes halogenated alkanes) is 4. The molecule has 0 aromatic carbocycles. The minimum Gasteiger partial charge on any atom is -0.425 e. The Labute approximate surface area is 114 Å². The van der Waals surface area contributed by atoms with Crippen LogP contribution in [0.3, 0.4) is 0 Å². The van der Waals surface area contributed by atoms with Gasteiger partial charge in [0.1, 0.15) is 10.5 Å². The number of hydrogen-bond donors (Lipinski definition) is 0. The van der Waals surface area contributed by atoms with Crippen molar-refractivity contribution in [3.63, 3.8) is 0 Å². The molecule has 0 aliphatic rings. The molecule has 0 rings (SSSR count). The van der Waals surface area contributed by atoms with Crippen molar-refractivity contribution in [3.05, 3.63) is 0 Å². The highest BCUT2D eigenvalue weighted by atomic mass is 32.2. The maximum atomic E-state index is 11.5. The van der Waals surface area contributed by atoms with Gasteiger partial charge in [-0.05, 0) is 26.2 Å². The third-order valence-electron chi connectivity index (χ3n) is 2.90. The van der Waals surface area contributed by atoms with Crippen LogP contribution in [0.1, 0.15) is 65.2 Å². The Hall–Kier alpha value is 0.197. The maximum absolute atomic E-state index is 11.5. The van der Waals surface area contributed by atoms with Gasteiger partial charge in [0.25, 0.3) is 0 Å². The lowest BCUT2D eigenvalue weighted by atomic mass is 10.1. The lowest BCUT2D eigenvalue weighted by molar-refractivity contribution is -0.111. The Morgan fingerprint density at radius 1 is 1.24 bits per heavy atom. The first kappa shape index (κ1) is 17.2. The van der Waals surface area contributed by atoms with E-state index in [9.17, 15) is 4.79 Å². The van der Waals surface area contributed by atoms with Crippen molar-refractivity contribution < 1.29 is 9.22 Å². The van der Waals surface area contributed by atoms with Crippen LogP contribution in [-0.2, 0) is 9.22 Å². The average Bonchev–Trinajstić information content (AvgIpc) is 2.34. The van der Waals surface area contributed by atoms with Crippen LogP contribution in [-0.4, -0.2) is 27.5 Å². The van der Waals surface area contributed by atoms with Gasteiger partial charge in [0, 0.05) is 18.3 Å². The Balaban J connectivity index is 3.23. The van der Waals surface area contributed by atoms with Crippen LogP contribution in [0.2, 0.25) is 0 Å². The van der Waals surface area contributed by atoms with Crippen LogP contribution < -0.4 is 0 Å². The first-order valence-corrected chi connectivity index (χ1v) is 8.69. The summed E-state index contributed by atoms with van der Waals surface area (Å²) in [5.74, 6) is 0.961. The monoisotopic (exact) mass is 276 g/mol. The van der Waals surface area contributed by atoms with Gasteiger partial charge in [-0.15, -0.1) is 0 Å². The van der Waals surface area contributed by atoms with E-state index in [1.165, 1.54) is 37.4 Å². The fraction of sp³-hybridized carbons (Fsp3) is 0.923. The largest absolute Gasteiger partial charge is 0.425 e. The molecule has 2 nitrogen and oxygen atoms in total. The molecule has 0 fully saturated rings. The second-order valence-corrected chi connectivity index (χ2v) is 6.20. The topological polar surface area (TPSA) is 26.3 Å². The molecule has 0 saturated carbocycles. The molecule has 0 N–H and O–H groups in total. The number of rotatable bonds is 11. The first-order valence-electron chi connectivity index (χ1n) is 6.89. The standard InChI is InChI=1S/C13H28O2SSi/c1-3-4-5-6-7-10-13(14)16-11-8-9-12(2)15-17/h12H,3-11H2,1-2,17H3. The molecule has 1 atom stereocenters. The molecular formula is C13H28O2SSi. The van der Waals surface area contributed by atoms with Gasteiger partial charge in [0.2, 0.25) is 0 Å². The van der Waals surface area contributed by atoms with Crippen LogP contribution in [0.4, 0.5) is 0 Å². The molecule has 102 valence electrons. The highest BCUT2D eigenvalue weighted by Crippen LogP contribution is 2.14. The fourth-order valence-electron chi connectivity index (χ4n) is 1.62. The van der Waals surface area contributed by atoms with E-state index >= 15 is 0 Å². The predicted molar refractivity (Wildman–Crippen MR) is 80.6 cm³/mol. The molecule has 0 amide bonds. The Kier molecular flexibility index (Phi) is 12.8. The van der Waals surface area contributed by atoms with E-state index < -0.39 is 0 Å². The molecule has 0 radical (unpaired) electrons. The average molecular weight is 277 g/mol. The van der Waals surface area contributed by atoms with Crippen LogP contribution in [0.15, 0.2) is 0 Å². The van der Waals surface area contributed by atoms with Crippen molar-refractivity contribution in [2.75, 3.05) is 5.75 Å². The highest BCUT2D eigenvalue weighted by molar-refractivity contribution is 8.13. The summed E-state index contributed by atoms with van der Waals surface area (Å²) in [6, 6.07) is 0. The van der Waals surface area contributed by atoms with Crippen molar-refractivity contribution in [3.8, 4) is 0 Å². The Bertz CT molecular complexity index is 188. The summed E-state index contributed by atoms with van der Waals surface area (Å²) < 4.78 is 5.30. The lowest BCUT2D eigenvalue weighted by Crippen LogP contribution is -2.06. The quantitative estimate of drug-likeness (QED) is 0.428. The summed E-state index contributed by atoms with van der Waals surface area (Å²) >= 11 is 1.51. The lowest BCUT2D eigenvalue weighted by Gasteiger charge is -2.08. The van der Waals surface area contributed by atoms with Crippen LogP contribution in [0, 0.1) is 0 Å². The second kappa shape index (κ2) is 12.6. The van der Waals surface area contributed by atoms with E-state index in [0.717, 1.165) is 41.9 Å². The molecule has 0 heterocycles. The summed E-state index contributed by atoms with van der Waals surface area (Å²) in [4.78, 5) is 11.5. The van der Waals surface area contributed by atoms with Gasteiger partial charge in [-0.25, -0.2) is 0 Å². The molecule has 0 bridgehead atoms. The molecule has 0 spiro atoms. The van der Waals surface area contributed by atoms with E-state index in [1.54, 1.807) is 0 Å². The van der Waals surface area contributed by atoms with E-state index in [-0.39, 0.29) is 0 Å². The third-order valence-corrected chi connectivity index (χ3v) is 4.73. The van der Waals surface area contributed by atoms with Crippen molar-refractivity contribution in [2.24, 2.45) is 0 Å². The maximum Gasteiger partial charge on any atom is 0.188 e. The summed E-state index contributed by atoms with van der Waals surface area (Å²) in [6.45, 7) is 4.32. The zero-order valence-electron chi connectivity index (χ0n) is 11.7. The summed E-state index contributed by atoms with van der Waals surface area (Å²) in [6.07, 6.45) is 9.47. The number of thioether (sulfide) groups is 1.